The van der Waals surface area contributed by atoms with Crippen molar-refractivity contribution in [1.82, 2.24) is 25.5 Å². The SMILES string of the molecule is O=C(NOCc1ccc(C(F)(F)F)cn1)c1cnn(-c2ccccc2)n1. The molecule has 0 aliphatic heterocycles. The van der Waals surface area contributed by atoms with Gasteiger partial charge in [0.25, 0.3) is 5.91 Å². The van der Waals surface area contributed by atoms with Crippen LogP contribution in [0.15, 0.2) is 54.9 Å². The molecular formula is C16H12F3N5O2. The minimum Gasteiger partial charge on any atom is -0.267 e. The van der Waals surface area contributed by atoms with E-state index in [2.05, 4.69) is 20.7 Å². The van der Waals surface area contributed by atoms with E-state index in [0.717, 1.165) is 6.07 Å². The quantitative estimate of drug-likeness (QED) is 0.705. The van der Waals surface area contributed by atoms with Gasteiger partial charge in [-0.3, -0.25) is 14.6 Å². The topological polar surface area (TPSA) is 81.9 Å². The summed E-state index contributed by atoms with van der Waals surface area (Å²) in [7, 11) is 0. The Morgan fingerprint density at radius 1 is 1.12 bits per heavy atom. The number of hydrogen-bond acceptors (Lipinski definition) is 5. The van der Waals surface area contributed by atoms with Gasteiger partial charge in [-0.05, 0) is 24.3 Å². The first-order valence-electron chi connectivity index (χ1n) is 7.35. The van der Waals surface area contributed by atoms with Crippen LogP contribution in [0.2, 0.25) is 0 Å². The molecule has 7 nitrogen and oxygen atoms in total. The highest BCUT2D eigenvalue weighted by molar-refractivity contribution is 5.91. The van der Waals surface area contributed by atoms with Gasteiger partial charge in [0, 0.05) is 6.20 Å². The zero-order chi connectivity index (χ0) is 18.6. The molecule has 0 saturated carbocycles. The van der Waals surface area contributed by atoms with Crippen LogP contribution in [0.5, 0.6) is 0 Å². The van der Waals surface area contributed by atoms with Crippen molar-refractivity contribution in [3.05, 3.63) is 71.8 Å². The Morgan fingerprint density at radius 2 is 1.88 bits per heavy atom. The second-order valence-electron chi connectivity index (χ2n) is 5.11. The molecule has 0 spiro atoms. The Labute approximate surface area is 145 Å². The summed E-state index contributed by atoms with van der Waals surface area (Å²) in [6, 6.07) is 11.0. The van der Waals surface area contributed by atoms with Gasteiger partial charge in [0.2, 0.25) is 0 Å². The van der Waals surface area contributed by atoms with Crippen molar-refractivity contribution < 1.29 is 22.8 Å². The minimum atomic E-state index is -4.45. The normalized spacial score (nSPS) is 11.3. The van der Waals surface area contributed by atoms with Crippen molar-refractivity contribution in [2.24, 2.45) is 0 Å². The van der Waals surface area contributed by atoms with E-state index in [4.69, 9.17) is 4.84 Å². The molecule has 0 aliphatic rings. The van der Waals surface area contributed by atoms with Gasteiger partial charge in [-0.25, -0.2) is 5.48 Å². The van der Waals surface area contributed by atoms with Crippen LogP contribution in [-0.4, -0.2) is 25.9 Å². The van der Waals surface area contributed by atoms with Gasteiger partial charge in [-0.15, -0.1) is 5.10 Å². The lowest BCUT2D eigenvalue weighted by Gasteiger charge is -2.07. The average Bonchev–Trinajstić information content (AvgIpc) is 3.12. The number of para-hydroxylation sites is 1. The molecule has 3 aromatic rings. The molecular weight excluding hydrogens is 351 g/mol. The summed E-state index contributed by atoms with van der Waals surface area (Å²) >= 11 is 0. The Hall–Kier alpha value is -3.27. The first-order chi connectivity index (χ1) is 12.4. The Balaban J connectivity index is 1.54. The second-order valence-corrected chi connectivity index (χ2v) is 5.11. The molecule has 0 unspecified atom stereocenters. The molecule has 10 heteroatoms. The van der Waals surface area contributed by atoms with E-state index in [1.54, 1.807) is 24.3 Å². The molecule has 1 N–H and O–H groups in total. The lowest BCUT2D eigenvalue weighted by Crippen LogP contribution is -2.24. The molecule has 0 aliphatic carbocycles. The second kappa shape index (κ2) is 7.31. The number of rotatable bonds is 5. The summed E-state index contributed by atoms with van der Waals surface area (Å²) in [5, 5.41) is 7.99. The Morgan fingerprint density at radius 3 is 2.54 bits per heavy atom. The van der Waals surface area contributed by atoms with Crippen LogP contribution in [-0.2, 0) is 17.6 Å². The van der Waals surface area contributed by atoms with Crippen LogP contribution in [0.1, 0.15) is 21.7 Å². The molecule has 0 fully saturated rings. The third-order valence-corrected chi connectivity index (χ3v) is 3.25. The van der Waals surface area contributed by atoms with E-state index < -0.39 is 17.6 Å². The molecule has 134 valence electrons. The lowest BCUT2D eigenvalue weighted by atomic mass is 10.2. The summed E-state index contributed by atoms with van der Waals surface area (Å²) in [6.45, 7) is -0.198. The predicted octanol–water partition coefficient (Wildman–Crippen LogP) is 2.54. The third-order valence-electron chi connectivity index (χ3n) is 3.25. The van der Waals surface area contributed by atoms with E-state index in [0.29, 0.717) is 11.9 Å². The highest BCUT2D eigenvalue weighted by atomic mass is 19.4. The Bertz CT molecular complexity index is 879. The van der Waals surface area contributed by atoms with Crippen LogP contribution >= 0.6 is 0 Å². The number of hydroxylamine groups is 1. The van der Waals surface area contributed by atoms with Crippen molar-refractivity contribution in [3.8, 4) is 5.69 Å². The third kappa shape index (κ3) is 4.22. The summed E-state index contributed by atoms with van der Waals surface area (Å²) in [5.74, 6) is -0.640. The monoisotopic (exact) mass is 363 g/mol. The maximum Gasteiger partial charge on any atom is 0.417 e. The van der Waals surface area contributed by atoms with Crippen molar-refractivity contribution in [3.63, 3.8) is 0 Å². The Kier molecular flexibility index (Phi) is 4.94. The first-order valence-corrected chi connectivity index (χ1v) is 7.35. The molecule has 1 aromatic carbocycles. The van der Waals surface area contributed by atoms with Crippen molar-refractivity contribution in [1.29, 1.82) is 0 Å². The van der Waals surface area contributed by atoms with Gasteiger partial charge in [0.1, 0.15) is 6.61 Å². The van der Waals surface area contributed by atoms with Crippen molar-refractivity contribution in [2.45, 2.75) is 12.8 Å². The molecule has 0 saturated heterocycles. The number of nitrogens with one attached hydrogen (secondary N) is 1. The highest BCUT2D eigenvalue weighted by Gasteiger charge is 2.30. The summed E-state index contributed by atoms with van der Waals surface area (Å²) in [6.07, 6.45) is -2.49. The molecule has 0 atom stereocenters. The molecule has 0 bridgehead atoms. The van der Waals surface area contributed by atoms with Gasteiger partial charge < -0.3 is 0 Å². The van der Waals surface area contributed by atoms with Crippen molar-refractivity contribution >= 4 is 5.91 Å². The molecule has 3 rings (SSSR count). The fraction of sp³-hybridized carbons (Fsp3) is 0.125. The van der Waals surface area contributed by atoms with Gasteiger partial charge in [-0.2, -0.15) is 23.1 Å². The molecule has 0 radical (unpaired) electrons. The number of carbonyl (C=O) groups is 1. The van der Waals surface area contributed by atoms with Gasteiger partial charge in [-0.1, -0.05) is 18.2 Å². The number of aromatic nitrogens is 4. The number of alkyl halides is 3. The standard InChI is InChI=1S/C16H12F3N5O2/c17-16(18,19)11-6-7-12(20-8-11)10-26-23-15(25)14-9-21-24(22-14)13-4-2-1-3-5-13/h1-9H,10H2,(H,23,25). The highest BCUT2D eigenvalue weighted by Crippen LogP contribution is 2.28. The number of carbonyl (C=O) groups excluding carboxylic acids is 1. The zero-order valence-corrected chi connectivity index (χ0v) is 13.1. The predicted molar refractivity (Wildman–Crippen MR) is 82.9 cm³/mol. The number of pyridine rings is 1. The molecule has 26 heavy (non-hydrogen) atoms. The minimum absolute atomic E-state index is 0.0224. The number of halogens is 3. The van der Waals surface area contributed by atoms with E-state index in [-0.39, 0.29) is 18.0 Å². The largest absolute Gasteiger partial charge is 0.417 e. The maximum absolute atomic E-state index is 12.4. The van der Waals surface area contributed by atoms with E-state index in [9.17, 15) is 18.0 Å². The van der Waals surface area contributed by atoms with E-state index in [1.165, 1.54) is 17.1 Å². The van der Waals surface area contributed by atoms with Crippen LogP contribution < -0.4 is 5.48 Å². The number of benzene rings is 1. The summed E-state index contributed by atoms with van der Waals surface area (Å²) < 4.78 is 37.3. The summed E-state index contributed by atoms with van der Waals surface area (Å²) in [5.41, 5.74) is 2.21. The number of hydrogen-bond donors (Lipinski definition) is 1. The molecule has 1 amide bonds. The zero-order valence-electron chi connectivity index (χ0n) is 13.1. The fourth-order valence-corrected chi connectivity index (χ4v) is 1.96. The van der Waals surface area contributed by atoms with Crippen LogP contribution in [0.4, 0.5) is 13.2 Å². The fourth-order valence-electron chi connectivity index (χ4n) is 1.96. The first kappa shape index (κ1) is 17.5. The van der Waals surface area contributed by atoms with Crippen LogP contribution in [0, 0.1) is 0 Å². The molecule has 2 aromatic heterocycles. The number of amides is 1. The van der Waals surface area contributed by atoms with Crippen molar-refractivity contribution in [2.75, 3.05) is 0 Å². The maximum atomic E-state index is 12.4. The lowest BCUT2D eigenvalue weighted by molar-refractivity contribution is -0.137. The average molecular weight is 363 g/mol. The van der Waals surface area contributed by atoms with E-state index in [1.807, 2.05) is 6.07 Å². The van der Waals surface area contributed by atoms with E-state index >= 15 is 0 Å². The summed E-state index contributed by atoms with van der Waals surface area (Å²) in [4.78, 5) is 21.8. The smallest absolute Gasteiger partial charge is 0.267 e. The molecule has 2 heterocycles. The van der Waals surface area contributed by atoms with Gasteiger partial charge >= 0.3 is 6.18 Å². The van der Waals surface area contributed by atoms with Gasteiger partial charge in [0.15, 0.2) is 5.69 Å². The number of nitrogens with zero attached hydrogens (tertiary/aromatic N) is 4. The van der Waals surface area contributed by atoms with Gasteiger partial charge in [0.05, 0.1) is 23.1 Å². The van der Waals surface area contributed by atoms with Crippen LogP contribution in [0.25, 0.3) is 5.69 Å². The van der Waals surface area contributed by atoms with Crippen LogP contribution in [0.3, 0.4) is 0 Å².